The van der Waals surface area contributed by atoms with Gasteiger partial charge in [-0.2, -0.15) is 0 Å². The number of carbonyl (C=O) groups is 2. The predicted octanol–water partition coefficient (Wildman–Crippen LogP) is 4.05. The molecule has 1 aromatic rings. The fourth-order valence-electron chi connectivity index (χ4n) is 6.21. The number of piperazine rings is 1. The Hall–Kier alpha value is -1.08. The molecule has 1 aromatic heterocycles. The van der Waals surface area contributed by atoms with Crippen molar-refractivity contribution < 1.29 is 9.59 Å². The molecule has 2 unspecified atom stereocenters. The second kappa shape index (κ2) is 10.0. The van der Waals surface area contributed by atoms with Gasteiger partial charge in [-0.05, 0) is 44.9 Å². The van der Waals surface area contributed by atoms with E-state index in [-0.39, 0.29) is 17.4 Å². The fraction of sp³-hybridized carbons (Fsp3) is 0.769. The van der Waals surface area contributed by atoms with Crippen LogP contribution in [0.3, 0.4) is 0 Å². The third kappa shape index (κ3) is 4.75. The molecule has 3 aliphatic rings. The van der Waals surface area contributed by atoms with Gasteiger partial charge in [-0.15, -0.1) is 11.3 Å². The number of likely N-dealkylation sites (tertiary alicyclic amines) is 1. The Bertz CT molecular complexity index is 814. The van der Waals surface area contributed by atoms with Gasteiger partial charge in [0, 0.05) is 73.3 Å². The Morgan fingerprint density at radius 1 is 1.12 bits per heavy atom. The van der Waals surface area contributed by atoms with Crippen molar-refractivity contribution in [3.8, 4) is 0 Å². The van der Waals surface area contributed by atoms with E-state index < -0.39 is 5.41 Å². The van der Waals surface area contributed by atoms with Gasteiger partial charge in [-0.3, -0.25) is 19.4 Å². The molecule has 5 nitrogen and oxygen atoms in total. The van der Waals surface area contributed by atoms with Gasteiger partial charge in [0.15, 0.2) is 0 Å². The molecular formula is C26H41N3O2S. The van der Waals surface area contributed by atoms with E-state index in [0.717, 1.165) is 71.2 Å². The number of ketones is 2. The summed E-state index contributed by atoms with van der Waals surface area (Å²) < 4.78 is 0. The maximum atomic E-state index is 13.2. The van der Waals surface area contributed by atoms with E-state index in [1.807, 2.05) is 11.3 Å². The van der Waals surface area contributed by atoms with Crippen LogP contribution in [0.1, 0.15) is 75.0 Å². The summed E-state index contributed by atoms with van der Waals surface area (Å²) in [5.74, 6) is 0.600. The molecule has 1 N–H and O–H groups in total. The second-order valence-corrected chi connectivity index (χ2v) is 11.7. The molecule has 2 aliphatic heterocycles. The summed E-state index contributed by atoms with van der Waals surface area (Å²) in [7, 11) is 2.25. The number of rotatable bonds is 7. The molecule has 0 radical (unpaired) electrons. The number of aryl methyl sites for hydroxylation is 1. The molecule has 178 valence electrons. The summed E-state index contributed by atoms with van der Waals surface area (Å²) in [6.45, 7) is 9.50. The number of hydrogen-bond donors (Lipinski definition) is 1. The molecule has 6 heteroatoms. The molecule has 1 saturated carbocycles. The Morgan fingerprint density at radius 2 is 1.88 bits per heavy atom. The normalized spacial score (nSPS) is 29.7. The minimum absolute atomic E-state index is 0.0954. The molecule has 3 heterocycles. The van der Waals surface area contributed by atoms with Crippen LogP contribution in [0.15, 0.2) is 12.1 Å². The summed E-state index contributed by atoms with van der Waals surface area (Å²) in [4.78, 5) is 33.7. The van der Waals surface area contributed by atoms with Crippen molar-refractivity contribution in [2.24, 2.45) is 5.41 Å². The Morgan fingerprint density at radius 3 is 2.53 bits per heavy atom. The van der Waals surface area contributed by atoms with E-state index in [2.05, 4.69) is 48.1 Å². The lowest BCUT2D eigenvalue weighted by Gasteiger charge is -2.55. The van der Waals surface area contributed by atoms with Gasteiger partial charge in [0.2, 0.25) is 0 Å². The number of likely N-dealkylation sites (N-methyl/N-ethyl adjacent to an activating group) is 1. The van der Waals surface area contributed by atoms with Crippen LogP contribution >= 0.6 is 11.3 Å². The quantitative estimate of drug-likeness (QED) is 0.667. The first-order chi connectivity index (χ1) is 15.4. The van der Waals surface area contributed by atoms with Gasteiger partial charge >= 0.3 is 0 Å². The van der Waals surface area contributed by atoms with E-state index in [4.69, 9.17) is 0 Å². The highest BCUT2D eigenvalue weighted by Crippen LogP contribution is 2.43. The van der Waals surface area contributed by atoms with Crippen LogP contribution in [0, 0.1) is 5.41 Å². The fourth-order valence-corrected chi connectivity index (χ4v) is 7.21. The number of Topliss-reactive ketones (excluding diaryl/α,β-unsaturated/α-hetero) is 2. The van der Waals surface area contributed by atoms with Crippen LogP contribution in [0.4, 0.5) is 0 Å². The molecule has 1 aliphatic carbocycles. The first-order valence-electron chi connectivity index (χ1n) is 12.7. The number of carbonyl (C=O) groups excluding carboxylic acids is 2. The molecule has 0 aromatic carbocycles. The van der Waals surface area contributed by atoms with Crippen LogP contribution in [-0.4, -0.2) is 66.2 Å². The minimum Gasteiger partial charge on any atom is -0.310 e. The van der Waals surface area contributed by atoms with Crippen molar-refractivity contribution in [3.63, 3.8) is 0 Å². The number of unbranched alkanes of at least 4 members (excludes halogenated alkanes) is 1. The largest absolute Gasteiger partial charge is 0.310 e. The van der Waals surface area contributed by atoms with Gasteiger partial charge in [-0.1, -0.05) is 26.7 Å². The van der Waals surface area contributed by atoms with E-state index in [9.17, 15) is 9.59 Å². The van der Waals surface area contributed by atoms with Crippen molar-refractivity contribution in [1.29, 1.82) is 0 Å². The number of thiophene rings is 1. The average Bonchev–Trinajstić information content (AvgIpc) is 3.25. The Balaban J connectivity index is 1.39. The SMILES string of the molecule is CCCCC1(C2CN(C)C3(CCN(Cc4ccc(CC)s4)CC3)CN2)CC(=O)CCC1=O. The zero-order valence-corrected chi connectivity index (χ0v) is 21.1. The number of piperidine rings is 1. The number of nitrogens with zero attached hydrogens (tertiary/aromatic N) is 2. The minimum atomic E-state index is -0.488. The molecule has 2 saturated heterocycles. The maximum absolute atomic E-state index is 13.2. The lowest BCUT2D eigenvalue weighted by Crippen LogP contribution is -2.70. The van der Waals surface area contributed by atoms with E-state index in [0.29, 0.717) is 25.0 Å². The predicted molar refractivity (Wildman–Crippen MR) is 131 cm³/mol. The third-order valence-electron chi connectivity index (χ3n) is 8.52. The van der Waals surface area contributed by atoms with Gasteiger partial charge in [0.1, 0.15) is 11.6 Å². The van der Waals surface area contributed by atoms with Crippen LogP contribution in [0.25, 0.3) is 0 Å². The summed E-state index contributed by atoms with van der Waals surface area (Å²) in [6, 6.07) is 4.67. The summed E-state index contributed by atoms with van der Waals surface area (Å²) in [6.07, 6.45) is 7.69. The van der Waals surface area contributed by atoms with Gasteiger partial charge in [-0.25, -0.2) is 0 Å². The lowest BCUT2D eigenvalue weighted by atomic mass is 9.63. The van der Waals surface area contributed by atoms with E-state index in [1.54, 1.807) is 0 Å². The number of hydrogen-bond acceptors (Lipinski definition) is 6. The molecule has 32 heavy (non-hydrogen) atoms. The highest BCUT2D eigenvalue weighted by molar-refractivity contribution is 7.11. The van der Waals surface area contributed by atoms with Crippen molar-refractivity contribution in [2.45, 2.75) is 89.8 Å². The third-order valence-corrected chi connectivity index (χ3v) is 9.73. The maximum Gasteiger partial charge on any atom is 0.141 e. The zero-order valence-electron chi connectivity index (χ0n) is 20.3. The standard InChI is InChI=1S/C26H41N3O2S/c1-4-6-11-26(16-20(30)7-10-24(26)31)23-18-28(3)25(19-27-23)12-14-29(15-13-25)17-22-9-8-21(5-2)32-22/h8-9,23,27H,4-7,10-19H2,1-3H3. The molecule has 3 fully saturated rings. The zero-order chi connectivity index (χ0) is 22.8. The lowest BCUT2D eigenvalue weighted by molar-refractivity contribution is -0.144. The summed E-state index contributed by atoms with van der Waals surface area (Å²) in [5, 5.41) is 3.82. The highest BCUT2D eigenvalue weighted by Gasteiger charge is 2.52. The summed E-state index contributed by atoms with van der Waals surface area (Å²) >= 11 is 1.95. The molecule has 0 bridgehead atoms. The van der Waals surface area contributed by atoms with E-state index >= 15 is 0 Å². The molecule has 2 atom stereocenters. The van der Waals surface area contributed by atoms with Crippen molar-refractivity contribution >= 4 is 22.9 Å². The average molecular weight is 460 g/mol. The van der Waals surface area contributed by atoms with Gasteiger partial charge in [0.25, 0.3) is 0 Å². The Labute approximate surface area is 197 Å². The van der Waals surface area contributed by atoms with Crippen molar-refractivity contribution in [3.05, 3.63) is 21.9 Å². The van der Waals surface area contributed by atoms with Crippen LogP contribution < -0.4 is 5.32 Å². The monoisotopic (exact) mass is 459 g/mol. The second-order valence-electron chi connectivity index (χ2n) is 10.4. The molecular weight excluding hydrogens is 418 g/mol. The molecule has 1 spiro atoms. The Kier molecular flexibility index (Phi) is 7.55. The van der Waals surface area contributed by atoms with Crippen molar-refractivity contribution in [2.75, 3.05) is 33.2 Å². The van der Waals surface area contributed by atoms with Gasteiger partial charge < -0.3 is 5.32 Å². The highest BCUT2D eigenvalue weighted by atomic mass is 32.1. The van der Waals surface area contributed by atoms with Crippen LogP contribution in [-0.2, 0) is 22.6 Å². The first kappa shape index (κ1) is 24.1. The first-order valence-corrected chi connectivity index (χ1v) is 13.5. The summed E-state index contributed by atoms with van der Waals surface area (Å²) in [5.41, 5.74) is -0.317. The molecule has 4 rings (SSSR count). The topological polar surface area (TPSA) is 52.6 Å². The van der Waals surface area contributed by atoms with Crippen LogP contribution in [0.5, 0.6) is 0 Å². The van der Waals surface area contributed by atoms with Crippen molar-refractivity contribution in [1.82, 2.24) is 15.1 Å². The molecule has 0 amide bonds. The van der Waals surface area contributed by atoms with Gasteiger partial charge in [0.05, 0.1) is 5.41 Å². The smallest absolute Gasteiger partial charge is 0.141 e. The van der Waals surface area contributed by atoms with E-state index in [1.165, 1.54) is 9.75 Å². The van der Waals surface area contributed by atoms with Crippen LogP contribution in [0.2, 0.25) is 0 Å². The number of nitrogens with one attached hydrogen (secondary N) is 1.